The molecule has 0 amide bonds. The zero-order valence-corrected chi connectivity index (χ0v) is 11.5. The Hall–Kier alpha value is -1.67. The molecule has 2 N–H and O–H groups in total. The summed E-state index contributed by atoms with van der Waals surface area (Å²) in [6, 6.07) is 13.4. The molecule has 1 unspecified atom stereocenters. The fraction of sp³-hybridized carbons (Fsp3) is 0.294. The van der Waals surface area contributed by atoms with E-state index in [1.165, 1.54) is 17.2 Å². The average molecular weight is 257 g/mol. The van der Waals surface area contributed by atoms with E-state index in [-0.39, 0.29) is 11.7 Å². The molecule has 0 aliphatic rings. The molecule has 19 heavy (non-hydrogen) atoms. The number of hydrogen-bond acceptors (Lipinski definition) is 1. The second-order valence-corrected chi connectivity index (χ2v) is 5.12. The molecule has 2 aromatic carbocycles. The third-order valence-corrected chi connectivity index (χ3v) is 3.61. The maximum Gasteiger partial charge on any atom is 0.123 e. The Bertz CT molecular complexity index is 546. The third-order valence-electron chi connectivity index (χ3n) is 3.61. The summed E-state index contributed by atoms with van der Waals surface area (Å²) in [5.74, 6) is 0.0568. The van der Waals surface area contributed by atoms with Crippen LogP contribution in [0, 0.1) is 19.7 Å². The van der Waals surface area contributed by atoms with Gasteiger partial charge in [-0.1, -0.05) is 35.9 Å². The first kappa shape index (κ1) is 13.8. The highest BCUT2D eigenvalue weighted by Gasteiger charge is 2.12. The Kier molecular flexibility index (Phi) is 4.33. The lowest BCUT2D eigenvalue weighted by Gasteiger charge is -2.17. The Morgan fingerprint density at radius 2 is 1.74 bits per heavy atom. The first-order valence-corrected chi connectivity index (χ1v) is 6.62. The predicted molar refractivity (Wildman–Crippen MR) is 77.8 cm³/mol. The summed E-state index contributed by atoms with van der Waals surface area (Å²) in [7, 11) is 0. The largest absolute Gasteiger partial charge is 0.330 e. The number of benzene rings is 2. The molecule has 0 bridgehead atoms. The highest BCUT2D eigenvalue weighted by Crippen LogP contribution is 2.22. The first-order chi connectivity index (χ1) is 9.10. The van der Waals surface area contributed by atoms with E-state index in [2.05, 4.69) is 31.2 Å². The van der Waals surface area contributed by atoms with Gasteiger partial charge < -0.3 is 5.73 Å². The summed E-state index contributed by atoms with van der Waals surface area (Å²) in [4.78, 5) is 0. The van der Waals surface area contributed by atoms with Gasteiger partial charge in [0.15, 0.2) is 0 Å². The summed E-state index contributed by atoms with van der Waals surface area (Å²) < 4.78 is 13.3. The molecule has 0 aromatic heterocycles. The molecule has 0 saturated carbocycles. The van der Waals surface area contributed by atoms with E-state index < -0.39 is 0 Å². The van der Waals surface area contributed by atoms with Gasteiger partial charge in [-0.3, -0.25) is 0 Å². The minimum absolute atomic E-state index is 0.180. The van der Waals surface area contributed by atoms with Crippen LogP contribution in [-0.2, 0) is 6.42 Å². The Morgan fingerprint density at radius 1 is 1.05 bits per heavy atom. The normalized spacial score (nSPS) is 12.4. The van der Waals surface area contributed by atoms with Crippen LogP contribution in [0.25, 0.3) is 0 Å². The smallest absolute Gasteiger partial charge is 0.123 e. The predicted octanol–water partition coefficient (Wildman–Crippen LogP) is 3.73. The molecule has 2 heteroatoms. The third kappa shape index (κ3) is 3.42. The number of halogens is 1. The Morgan fingerprint density at radius 3 is 2.37 bits per heavy atom. The summed E-state index contributed by atoms with van der Waals surface area (Å²) >= 11 is 0. The van der Waals surface area contributed by atoms with Crippen LogP contribution in [0.2, 0.25) is 0 Å². The van der Waals surface area contributed by atoms with Crippen molar-refractivity contribution in [2.75, 3.05) is 6.54 Å². The van der Waals surface area contributed by atoms with Crippen LogP contribution >= 0.6 is 0 Å². The van der Waals surface area contributed by atoms with Gasteiger partial charge in [0, 0.05) is 5.92 Å². The molecule has 1 nitrogen and oxygen atoms in total. The van der Waals surface area contributed by atoms with Crippen LogP contribution < -0.4 is 5.73 Å². The number of aryl methyl sites for hydroxylation is 2. The van der Waals surface area contributed by atoms with Crippen molar-refractivity contribution in [1.82, 2.24) is 0 Å². The zero-order valence-electron chi connectivity index (χ0n) is 11.5. The van der Waals surface area contributed by atoms with Gasteiger partial charge in [-0.25, -0.2) is 4.39 Å². The molecule has 1 atom stereocenters. The van der Waals surface area contributed by atoms with Gasteiger partial charge in [0.1, 0.15) is 5.82 Å². The zero-order chi connectivity index (χ0) is 13.8. The molecule has 0 fully saturated rings. The molecule has 2 aromatic rings. The molecule has 0 aliphatic heterocycles. The van der Waals surface area contributed by atoms with E-state index in [1.807, 2.05) is 13.0 Å². The van der Waals surface area contributed by atoms with Crippen LogP contribution in [-0.4, -0.2) is 6.54 Å². The molecular weight excluding hydrogens is 237 g/mol. The van der Waals surface area contributed by atoms with Crippen molar-refractivity contribution in [3.63, 3.8) is 0 Å². The van der Waals surface area contributed by atoms with Crippen LogP contribution in [0.4, 0.5) is 4.39 Å². The Balaban J connectivity index is 2.23. The van der Waals surface area contributed by atoms with Crippen molar-refractivity contribution >= 4 is 0 Å². The molecule has 0 heterocycles. The van der Waals surface area contributed by atoms with Crippen molar-refractivity contribution in [3.8, 4) is 0 Å². The molecule has 2 rings (SSSR count). The van der Waals surface area contributed by atoms with Crippen molar-refractivity contribution in [2.45, 2.75) is 26.2 Å². The van der Waals surface area contributed by atoms with E-state index in [9.17, 15) is 4.39 Å². The van der Waals surface area contributed by atoms with Crippen LogP contribution in [0.15, 0.2) is 42.5 Å². The quantitative estimate of drug-likeness (QED) is 0.887. The fourth-order valence-corrected chi connectivity index (χ4v) is 2.30. The van der Waals surface area contributed by atoms with Gasteiger partial charge in [-0.15, -0.1) is 0 Å². The van der Waals surface area contributed by atoms with E-state index >= 15 is 0 Å². The summed E-state index contributed by atoms with van der Waals surface area (Å²) in [6.07, 6.45) is 0.781. The SMILES string of the molecule is Cc1ccc(C(CN)Cc2cc(F)ccc2C)cc1. The van der Waals surface area contributed by atoms with Gasteiger partial charge in [0.25, 0.3) is 0 Å². The molecular formula is C17H20FN. The highest BCUT2D eigenvalue weighted by molar-refractivity contribution is 5.31. The van der Waals surface area contributed by atoms with Gasteiger partial charge in [-0.2, -0.15) is 0 Å². The molecule has 0 saturated heterocycles. The van der Waals surface area contributed by atoms with E-state index in [0.717, 1.165) is 17.5 Å². The van der Waals surface area contributed by atoms with Crippen molar-refractivity contribution in [1.29, 1.82) is 0 Å². The van der Waals surface area contributed by atoms with Crippen LogP contribution in [0.3, 0.4) is 0 Å². The maximum absolute atomic E-state index is 13.3. The minimum atomic E-state index is -0.180. The lowest BCUT2D eigenvalue weighted by Crippen LogP contribution is -2.15. The lowest BCUT2D eigenvalue weighted by atomic mass is 9.90. The first-order valence-electron chi connectivity index (χ1n) is 6.62. The monoisotopic (exact) mass is 257 g/mol. The topological polar surface area (TPSA) is 26.0 Å². The van der Waals surface area contributed by atoms with E-state index in [4.69, 9.17) is 5.73 Å². The van der Waals surface area contributed by atoms with Crippen LogP contribution in [0.1, 0.15) is 28.2 Å². The maximum atomic E-state index is 13.3. The number of nitrogens with two attached hydrogens (primary N) is 1. The van der Waals surface area contributed by atoms with E-state index in [0.29, 0.717) is 6.54 Å². The van der Waals surface area contributed by atoms with Gasteiger partial charge in [0.05, 0.1) is 0 Å². The highest BCUT2D eigenvalue weighted by atomic mass is 19.1. The Labute approximate surface area is 114 Å². The fourth-order valence-electron chi connectivity index (χ4n) is 2.30. The standard InChI is InChI=1S/C17H20FN/c1-12-3-6-14(7-4-12)16(11-19)9-15-10-17(18)8-5-13(15)2/h3-8,10,16H,9,11,19H2,1-2H3. The van der Waals surface area contributed by atoms with Crippen molar-refractivity contribution in [3.05, 3.63) is 70.5 Å². The minimum Gasteiger partial charge on any atom is -0.330 e. The molecule has 0 spiro atoms. The average Bonchev–Trinajstić information content (AvgIpc) is 2.41. The summed E-state index contributed by atoms with van der Waals surface area (Å²) in [5.41, 5.74) is 10.5. The second-order valence-electron chi connectivity index (χ2n) is 5.12. The van der Waals surface area contributed by atoms with E-state index in [1.54, 1.807) is 6.07 Å². The molecule has 0 aliphatic carbocycles. The molecule has 100 valence electrons. The summed E-state index contributed by atoms with van der Waals surface area (Å²) in [5, 5.41) is 0. The number of rotatable bonds is 4. The van der Waals surface area contributed by atoms with Crippen molar-refractivity contribution in [2.24, 2.45) is 5.73 Å². The van der Waals surface area contributed by atoms with Gasteiger partial charge in [-0.05, 0) is 55.6 Å². The van der Waals surface area contributed by atoms with Gasteiger partial charge >= 0.3 is 0 Å². The van der Waals surface area contributed by atoms with Crippen LogP contribution in [0.5, 0.6) is 0 Å². The number of hydrogen-bond donors (Lipinski definition) is 1. The second kappa shape index (κ2) is 5.98. The van der Waals surface area contributed by atoms with Gasteiger partial charge in [0.2, 0.25) is 0 Å². The lowest BCUT2D eigenvalue weighted by molar-refractivity contribution is 0.619. The van der Waals surface area contributed by atoms with Crippen molar-refractivity contribution < 1.29 is 4.39 Å². The summed E-state index contributed by atoms with van der Waals surface area (Å²) in [6.45, 7) is 4.65. The molecule has 0 radical (unpaired) electrons.